The minimum atomic E-state index is 0. The van der Waals surface area contributed by atoms with E-state index in [1.807, 2.05) is 0 Å². The molecule has 0 spiro atoms. The first kappa shape index (κ1) is 123. The Morgan fingerprint density at radius 2 is 0.462 bits per heavy atom. The molecule has 0 unspecified atom stereocenters. The van der Waals surface area contributed by atoms with Crippen molar-refractivity contribution in [2.24, 2.45) is 0 Å². The first-order valence-electron chi connectivity index (χ1n) is 0. The summed E-state index contributed by atoms with van der Waals surface area (Å²) >= 11 is 0. The molecule has 13 heavy (non-hydrogen) atoms. The predicted octanol–water partition coefficient (Wildman–Crippen LogP) is -6.11. The molecule has 0 aromatic rings. The Balaban J connectivity index is 0. The van der Waals surface area contributed by atoms with Gasteiger partial charge in [0.05, 0.1) is 0 Å². The molecule has 13 heteroatoms. The third kappa shape index (κ3) is 95.8. The minimum absolute atomic E-state index is 0. The van der Waals surface area contributed by atoms with E-state index in [-0.39, 0.29) is 269 Å². The maximum absolute atomic E-state index is 0. The summed E-state index contributed by atoms with van der Waals surface area (Å²) in [7, 11) is 0. The molecular formula is H10Ag2Cu2Ga2In2Se3Te2. The number of hydrogen-bond acceptors (Lipinski definition) is 0. The Labute approximate surface area is 261 Å². The van der Waals surface area contributed by atoms with Gasteiger partial charge >= 0.3 is 139 Å². The fourth-order valence-electron chi connectivity index (χ4n) is 0. The van der Waals surface area contributed by atoms with E-state index >= 15 is 0 Å². The van der Waals surface area contributed by atoms with E-state index in [2.05, 4.69) is 0 Å². The van der Waals surface area contributed by atoms with Gasteiger partial charge in [-0.2, -0.15) is 0 Å². The molecule has 0 aliphatic carbocycles. The topological polar surface area (TPSA) is 0 Å². The van der Waals surface area contributed by atoms with Crippen LogP contribution >= 0.6 is 0 Å². The van der Waals surface area contributed by atoms with Crippen molar-refractivity contribution < 1.29 is 78.9 Å². The molecule has 4 radical (unpaired) electrons. The molecule has 0 heterocycles. The van der Waals surface area contributed by atoms with Crippen LogP contribution in [0.3, 0.4) is 0 Å². The van der Waals surface area contributed by atoms with Gasteiger partial charge < -0.3 is 51.2 Å². The standard InChI is InChI=1S/2Ag.2Cu.2Ga.2In.3Se.2H2Te.6H/h;;;;;;;;;;;2*1H2;;;;;;/q;;;;2*+3;;;3*-2;;;;;;;;. The Bertz CT molecular complexity index is 33.4. The molecule has 0 rings (SSSR count). The van der Waals surface area contributed by atoms with Crippen molar-refractivity contribution in [1.82, 2.24) is 0 Å². The molecule has 0 saturated heterocycles. The van der Waals surface area contributed by atoms with Crippen molar-refractivity contribution >= 4 is 190 Å². The Hall–Kier alpha value is 8.67. The summed E-state index contributed by atoms with van der Waals surface area (Å²) in [5, 5.41) is 0. The predicted molar refractivity (Wildman–Crippen MR) is 65.7 cm³/mol. The van der Waals surface area contributed by atoms with Crippen LogP contribution < -0.4 is 0 Å². The van der Waals surface area contributed by atoms with E-state index in [9.17, 15) is 0 Å². The molecule has 0 aromatic heterocycles. The van der Waals surface area contributed by atoms with Gasteiger partial charge in [0, 0.05) is 78.9 Å². The second kappa shape index (κ2) is 106. The summed E-state index contributed by atoms with van der Waals surface area (Å²) in [5.41, 5.74) is 0. The summed E-state index contributed by atoms with van der Waals surface area (Å²) in [6, 6.07) is 0. The van der Waals surface area contributed by atoms with Gasteiger partial charge in [0.25, 0.3) is 0 Å². The zero-order valence-corrected chi connectivity index (χ0v) is 25.1. The van der Waals surface area contributed by atoms with E-state index in [0.717, 1.165) is 0 Å². The third-order valence-electron chi connectivity index (χ3n) is 0. The van der Waals surface area contributed by atoms with E-state index < -0.39 is 0 Å². The van der Waals surface area contributed by atoms with Crippen molar-refractivity contribution in [3.05, 3.63) is 0 Å². The van der Waals surface area contributed by atoms with Crippen molar-refractivity contribution in [1.29, 1.82) is 0 Å². The molecule has 0 N–H and O–H groups in total. The van der Waals surface area contributed by atoms with E-state index in [1.54, 1.807) is 0 Å². The van der Waals surface area contributed by atoms with Crippen molar-refractivity contribution in [3.8, 4) is 0 Å². The van der Waals surface area contributed by atoms with Crippen LogP contribution in [0.25, 0.3) is 0 Å². The monoisotopic (exact) mass is 1220 g/mol. The molecule has 0 fully saturated rings. The van der Waals surface area contributed by atoms with Gasteiger partial charge in [0.2, 0.25) is 0 Å². The Morgan fingerprint density at radius 1 is 0.462 bits per heavy atom. The molecule has 0 bridgehead atoms. The maximum atomic E-state index is 0. The van der Waals surface area contributed by atoms with Crippen LogP contribution in [-0.2, 0) is 78.9 Å². The fraction of sp³-hybridized carbons (Fsp3) is 0. The summed E-state index contributed by atoms with van der Waals surface area (Å²) in [6.07, 6.45) is 0. The molecule has 0 nitrogen and oxygen atoms in total. The summed E-state index contributed by atoms with van der Waals surface area (Å²) in [4.78, 5) is 0. The summed E-state index contributed by atoms with van der Waals surface area (Å²) in [6.45, 7) is 0. The van der Waals surface area contributed by atoms with Gasteiger partial charge in [-0.3, -0.25) is 0 Å². The zero-order chi connectivity index (χ0) is 0. The van der Waals surface area contributed by atoms with Gasteiger partial charge in [-0.25, -0.2) is 0 Å². The van der Waals surface area contributed by atoms with Crippen molar-refractivity contribution in [3.63, 3.8) is 0 Å². The molecule has 0 saturated carbocycles. The van der Waals surface area contributed by atoms with Crippen LogP contribution in [0.15, 0.2) is 0 Å². The molecule has 0 amide bonds. The zero-order valence-electron chi connectivity index (χ0n) is 4.59. The Kier molecular flexibility index (Phi) is 1010. The molecule has 96 valence electrons. The van der Waals surface area contributed by atoms with Gasteiger partial charge in [-0.05, 0) is 0 Å². The van der Waals surface area contributed by atoms with E-state index in [0.29, 0.717) is 0 Å². The van der Waals surface area contributed by atoms with Gasteiger partial charge in [0.1, 0.15) is 0 Å². The normalized spacial score (nSPS) is 0. The average Bonchev–Trinajstić information content (AvgIpc) is 0. The van der Waals surface area contributed by atoms with E-state index in [4.69, 9.17) is 0 Å². The van der Waals surface area contributed by atoms with Crippen LogP contribution in [0.4, 0.5) is 0 Å². The summed E-state index contributed by atoms with van der Waals surface area (Å²) < 4.78 is 0. The number of rotatable bonds is 0. The number of hydrogen-bond donors (Lipinski definition) is 0. The SMILES string of the molecule is [Ag].[Ag].[Cu].[Cu].[Ga+3].[Ga+3].[InH3].[InH3].[Se-2].[Se-2].[Se-2].[TeH2].[TeH2]. The second-order valence-corrected chi connectivity index (χ2v) is 0. The molecular weight excluding hydrogens is 1200 g/mol. The van der Waals surface area contributed by atoms with Crippen LogP contribution in [0.1, 0.15) is 0 Å². The van der Waals surface area contributed by atoms with Crippen molar-refractivity contribution in [2.75, 3.05) is 0 Å². The van der Waals surface area contributed by atoms with Crippen LogP contribution in [-0.4, -0.2) is 190 Å². The van der Waals surface area contributed by atoms with E-state index in [1.165, 1.54) is 0 Å². The first-order chi connectivity index (χ1) is 0. The second-order valence-electron chi connectivity index (χ2n) is 0. The van der Waals surface area contributed by atoms with Gasteiger partial charge in [0.15, 0.2) is 0 Å². The first-order valence-corrected chi connectivity index (χ1v) is 0. The fourth-order valence-corrected chi connectivity index (χ4v) is 0. The third-order valence-corrected chi connectivity index (χ3v) is 0. The van der Waals surface area contributed by atoms with Crippen LogP contribution in [0, 0.1) is 0 Å². The van der Waals surface area contributed by atoms with Gasteiger partial charge in [-0.1, -0.05) is 0 Å². The average molecular weight is 1210 g/mol. The van der Waals surface area contributed by atoms with Crippen molar-refractivity contribution in [2.45, 2.75) is 0 Å². The molecule has 0 aliphatic heterocycles. The quantitative estimate of drug-likeness (QED) is 0.213. The Morgan fingerprint density at radius 3 is 0.462 bits per heavy atom. The molecule has 0 aliphatic rings. The van der Waals surface area contributed by atoms with Gasteiger partial charge in [-0.15, -0.1) is 0 Å². The van der Waals surface area contributed by atoms with Crippen LogP contribution in [0.5, 0.6) is 0 Å². The summed E-state index contributed by atoms with van der Waals surface area (Å²) in [5.74, 6) is 0. The molecule has 0 aromatic carbocycles. The van der Waals surface area contributed by atoms with Crippen LogP contribution in [0.2, 0.25) is 0 Å². The molecule has 0 atom stereocenters.